The van der Waals surface area contributed by atoms with Crippen molar-refractivity contribution in [1.29, 1.82) is 0 Å². The third kappa shape index (κ3) is 4.92. The van der Waals surface area contributed by atoms with E-state index in [1.165, 1.54) is 0 Å². The van der Waals surface area contributed by atoms with Gasteiger partial charge in [-0.25, -0.2) is 0 Å². The number of para-hydroxylation sites is 2. The molecule has 5 N–H and O–H groups in total. The molecule has 31 heavy (non-hydrogen) atoms. The third-order valence-electron chi connectivity index (χ3n) is 6.00. The number of phenols is 1. The standard InChI is InChI=1S/C23H29N3O5/c24-23(29)22(15-5-7-17(28)8-6-15)26-11-9-16(10-12-26)25-18(13-27)21-14-30-19-3-1-2-4-20(19)31-21/h1-8,16,18,21-22,25,27-28H,9-14H2,(H2,24,29). The molecule has 1 saturated heterocycles. The summed E-state index contributed by atoms with van der Waals surface area (Å²) in [5, 5.41) is 23.0. The second-order valence-corrected chi connectivity index (χ2v) is 8.08. The second-order valence-electron chi connectivity index (χ2n) is 8.08. The van der Waals surface area contributed by atoms with Crippen molar-refractivity contribution in [3.05, 3.63) is 54.1 Å². The maximum absolute atomic E-state index is 12.1. The topological polar surface area (TPSA) is 117 Å². The summed E-state index contributed by atoms with van der Waals surface area (Å²) in [7, 11) is 0. The zero-order valence-corrected chi connectivity index (χ0v) is 17.3. The van der Waals surface area contributed by atoms with Gasteiger partial charge in [0.2, 0.25) is 5.91 Å². The van der Waals surface area contributed by atoms with Crippen LogP contribution < -0.4 is 20.5 Å². The molecule has 0 aromatic heterocycles. The number of likely N-dealkylation sites (tertiary alicyclic amines) is 1. The summed E-state index contributed by atoms with van der Waals surface area (Å²) in [6, 6.07) is 13.5. The molecule has 0 bridgehead atoms. The van der Waals surface area contributed by atoms with E-state index in [1.807, 2.05) is 24.3 Å². The van der Waals surface area contributed by atoms with Gasteiger partial charge in [-0.2, -0.15) is 0 Å². The molecule has 2 aliphatic heterocycles. The molecule has 166 valence electrons. The molecule has 8 nitrogen and oxygen atoms in total. The van der Waals surface area contributed by atoms with E-state index in [2.05, 4.69) is 10.2 Å². The Kier molecular flexibility index (Phi) is 6.60. The molecule has 2 aromatic rings. The molecule has 1 amide bonds. The van der Waals surface area contributed by atoms with Crippen molar-refractivity contribution in [2.24, 2.45) is 5.73 Å². The number of hydrogen-bond donors (Lipinski definition) is 4. The maximum atomic E-state index is 12.1. The van der Waals surface area contributed by atoms with Crippen LogP contribution in [0, 0.1) is 0 Å². The van der Waals surface area contributed by atoms with Crippen LogP contribution in [-0.4, -0.2) is 65.5 Å². The number of amides is 1. The van der Waals surface area contributed by atoms with Crippen LogP contribution in [0.15, 0.2) is 48.5 Å². The highest BCUT2D eigenvalue weighted by Gasteiger charge is 2.33. The number of ether oxygens (including phenoxy) is 2. The van der Waals surface area contributed by atoms with Gasteiger partial charge in [-0.1, -0.05) is 24.3 Å². The largest absolute Gasteiger partial charge is 0.508 e. The summed E-state index contributed by atoms with van der Waals surface area (Å²) in [5.74, 6) is 1.15. The van der Waals surface area contributed by atoms with Crippen LogP contribution in [0.25, 0.3) is 0 Å². The Balaban J connectivity index is 1.34. The molecule has 2 aliphatic rings. The zero-order chi connectivity index (χ0) is 21.8. The smallest absolute Gasteiger partial charge is 0.239 e. The monoisotopic (exact) mass is 427 g/mol. The van der Waals surface area contributed by atoms with Gasteiger partial charge in [-0.3, -0.25) is 9.69 Å². The van der Waals surface area contributed by atoms with Gasteiger partial charge >= 0.3 is 0 Å². The van der Waals surface area contributed by atoms with Crippen LogP contribution in [-0.2, 0) is 4.79 Å². The highest BCUT2D eigenvalue weighted by Crippen LogP contribution is 2.32. The predicted octanol–water partition coefficient (Wildman–Crippen LogP) is 1.17. The Morgan fingerprint density at radius 3 is 2.45 bits per heavy atom. The van der Waals surface area contributed by atoms with Gasteiger partial charge in [-0.15, -0.1) is 0 Å². The van der Waals surface area contributed by atoms with Crippen molar-refractivity contribution >= 4 is 5.91 Å². The average Bonchev–Trinajstić information content (AvgIpc) is 2.79. The van der Waals surface area contributed by atoms with Crippen LogP contribution in [0.2, 0.25) is 0 Å². The predicted molar refractivity (Wildman–Crippen MR) is 115 cm³/mol. The first-order valence-electron chi connectivity index (χ1n) is 10.6. The van der Waals surface area contributed by atoms with Gasteiger partial charge in [-0.05, 0) is 42.7 Å². The molecule has 2 heterocycles. The van der Waals surface area contributed by atoms with E-state index in [4.69, 9.17) is 15.2 Å². The van der Waals surface area contributed by atoms with Crippen molar-refractivity contribution in [2.45, 2.75) is 37.1 Å². The maximum Gasteiger partial charge on any atom is 0.239 e. The Morgan fingerprint density at radius 1 is 1.13 bits per heavy atom. The fraction of sp³-hybridized carbons (Fsp3) is 0.435. The summed E-state index contributed by atoms with van der Waals surface area (Å²) in [4.78, 5) is 14.2. The van der Waals surface area contributed by atoms with Crippen molar-refractivity contribution in [2.75, 3.05) is 26.3 Å². The number of carbonyl (C=O) groups excluding carboxylic acids is 1. The number of benzene rings is 2. The number of phenolic OH excluding ortho intramolecular Hbond substituents is 1. The van der Waals surface area contributed by atoms with Crippen LogP contribution in [0.5, 0.6) is 17.2 Å². The summed E-state index contributed by atoms with van der Waals surface area (Å²) in [6.07, 6.45) is 1.33. The number of aromatic hydroxyl groups is 1. The van der Waals surface area contributed by atoms with E-state index < -0.39 is 11.9 Å². The van der Waals surface area contributed by atoms with E-state index >= 15 is 0 Å². The molecule has 0 aliphatic carbocycles. The van der Waals surface area contributed by atoms with Crippen molar-refractivity contribution < 1.29 is 24.5 Å². The van der Waals surface area contributed by atoms with Crippen molar-refractivity contribution in [3.8, 4) is 17.2 Å². The van der Waals surface area contributed by atoms with Crippen LogP contribution in [0.4, 0.5) is 0 Å². The summed E-state index contributed by atoms with van der Waals surface area (Å²) in [6.45, 7) is 1.69. The molecule has 4 rings (SSSR count). The molecule has 8 heteroatoms. The van der Waals surface area contributed by atoms with Crippen molar-refractivity contribution in [3.63, 3.8) is 0 Å². The molecule has 1 fully saturated rings. The first kappa shape index (κ1) is 21.4. The lowest BCUT2D eigenvalue weighted by atomic mass is 9.97. The summed E-state index contributed by atoms with van der Waals surface area (Å²) < 4.78 is 11.8. The number of rotatable bonds is 7. The number of nitrogens with one attached hydrogen (secondary N) is 1. The minimum absolute atomic E-state index is 0.0617. The Labute approximate surface area is 181 Å². The summed E-state index contributed by atoms with van der Waals surface area (Å²) in [5.41, 5.74) is 6.46. The number of nitrogens with two attached hydrogens (primary N) is 1. The fourth-order valence-electron chi connectivity index (χ4n) is 4.35. The molecule has 3 atom stereocenters. The van der Waals surface area contributed by atoms with E-state index in [-0.39, 0.29) is 30.5 Å². The highest BCUT2D eigenvalue weighted by atomic mass is 16.6. The van der Waals surface area contributed by atoms with Gasteiger partial charge < -0.3 is 30.7 Å². The lowest BCUT2D eigenvalue weighted by Gasteiger charge is -2.39. The third-order valence-corrected chi connectivity index (χ3v) is 6.00. The number of aliphatic hydroxyl groups is 1. The SMILES string of the molecule is NC(=O)C(c1ccc(O)cc1)N1CCC(NC(CO)C2COc3ccccc3O2)CC1. The molecular formula is C23H29N3O5. The molecule has 0 radical (unpaired) electrons. The number of piperidine rings is 1. The van der Waals surface area contributed by atoms with E-state index in [0.29, 0.717) is 25.4 Å². The lowest BCUT2D eigenvalue weighted by molar-refractivity contribution is -0.124. The van der Waals surface area contributed by atoms with Gasteiger partial charge in [0.15, 0.2) is 17.6 Å². The lowest BCUT2D eigenvalue weighted by Crippen LogP contribution is -2.55. The van der Waals surface area contributed by atoms with E-state index in [1.54, 1.807) is 24.3 Å². The van der Waals surface area contributed by atoms with Gasteiger partial charge in [0.25, 0.3) is 0 Å². The quantitative estimate of drug-likeness (QED) is 0.524. The summed E-state index contributed by atoms with van der Waals surface area (Å²) >= 11 is 0. The Hall–Kier alpha value is -2.81. The van der Waals surface area contributed by atoms with E-state index in [0.717, 1.165) is 24.2 Å². The first-order chi connectivity index (χ1) is 15.0. The normalized spacial score (nSPS) is 21.4. The van der Waals surface area contributed by atoms with Crippen LogP contribution in [0.1, 0.15) is 24.4 Å². The molecule has 0 spiro atoms. The zero-order valence-electron chi connectivity index (χ0n) is 17.3. The van der Waals surface area contributed by atoms with Gasteiger partial charge in [0.05, 0.1) is 12.6 Å². The Morgan fingerprint density at radius 2 is 1.81 bits per heavy atom. The first-order valence-corrected chi connectivity index (χ1v) is 10.6. The average molecular weight is 428 g/mol. The number of primary amides is 1. The molecular weight excluding hydrogens is 398 g/mol. The molecule has 0 saturated carbocycles. The van der Waals surface area contributed by atoms with Crippen molar-refractivity contribution in [1.82, 2.24) is 10.2 Å². The minimum atomic E-state index is -0.526. The number of carbonyl (C=O) groups is 1. The van der Waals surface area contributed by atoms with Crippen LogP contribution >= 0.6 is 0 Å². The highest BCUT2D eigenvalue weighted by molar-refractivity contribution is 5.81. The van der Waals surface area contributed by atoms with Gasteiger partial charge in [0, 0.05) is 19.1 Å². The molecule has 2 aromatic carbocycles. The number of hydrogen-bond acceptors (Lipinski definition) is 7. The number of nitrogens with zero attached hydrogens (tertiary/aromatic N) is 1. The van der Waals surface area contributed by atoms with E-state index in [9.17, 15) is 15.0 Å². The fourth-order valence-corrected chi connectivity index (χ4v) is 4.35. The van der Waals surface area contributed by atoms with Crippen LogP contribution in [0.3, 0.4) is 0 Å². The number of fused-ring (bicyclic) bond motifs is 1. The van der Waals surface area contributed by atoms with Gasteiger partial charge in [0.1, 0.15) is 18.4 Å². The Bertz CT molecular complexity index is 883. The molecule has 3 unspecified atom stereocenters. The second kappa shape index (κ2) is 9.55. The number of aliphatic hydroxyl groups excluding tert-OH is 1. The minimum Gasteiger partial charge on any atom is -0.508 e.